The van der Waals surface area contributed by atoms with Crippen molar-refractivity contribution in [1.29, 1.82) is 0 Å². The molecule has 1 unspecified atom stereocenters. The molecule has 0 radical (unpaired) electrons. The summed E-state index contributed by atoms with van der Waals surface area (Å²) >= 11 is 0. The van der Waals surface area contributed by atoms with Crippen LogP contribution in [-0.2, 0) is 16.0 Å². The molecule has 7 heteroatoms. The molecule has 2 aromatic carbocycles. The second-order valence-corrected chi connectivity index (χ2v) is 6.57. The monoisotopic (exact) mass is 384 g/mol. The van der Waals surface area contributed by atoms with Crippen molar-refractivity contribution in [2.75, 3.05) is 23.8 Å². The standard InChI is InChI=1S/C21H24N2O5/c1-4-26-20-9-15-8-13(2)28-19(15)11-18(20)23-21(25)12-27-17-7-5-6-16(10-17)22-14(3)24/h5-7,9-11,13H,4,8,12H2,1-3H3,(H,22,24)(H,23,25). The average Bonchev–Trinajstić information content (AvgIpc) is 2.99. The van der Waals surface area contributed by atoms with E-state index in [1.54, 1.807) is 30.3 Å². The van der Waals surface area contributed by atoms with E-state index in [0.29, 0.717) is 29.5 Å². The largest absolute Gasteiger partial charge is 0.492 e. The average molecular weight is 384 g/mol. The van der Waals surface area contributed by atoms with Gasteiger partial charge in [0.1, 0.15) is 23.4 Å². The lowest BCUT2D eigenvalue weighted by Gasteiger charge is -2.14. The Morgan fingerprint density at radius 2 is 2.00 bits per heavy atom. The fourth-order valence-electron chi connectivity index (χ4n) is 3.01. The fourth-order valence-corrected chi connectivity index (χ4v) is 3.01. The van der Waals surface area contributed by atoms with Gasteiger partial charge < -0.3 is 24.8 Å². The van der Waals surface area contributed by atoms with Crippen LogP contribution in [0.2, 0.25) is 0 Å². The van der Waals surface area contributed by atoms with Gasteiger partial charge in [0.25, 0.3) is 5.91 Å². The van der Waals surface area contributed by atoms with Crippen molar-refractivity contribution in [2.24, 2.45) is 0 Å². The lowest BCUT2D eigenvalue weighted by molar-refractivity contribution is -0.118. The quantitative estimate of drug-likeness (QED) is 0.764. The molecule has 2 amide bonds. The molecule has 28 heavy (non-hydrogen) atoms. The van der Waals surface area contributed by atoms with Crippen molar-refractivity contribution in [3.05, 3.63) is 42.0 Å². The summed E-state index contributed by atoms with van der Waals surface area (Å²) in [5, 5.41) is 5.49. The van der Waals surface area contributed by atoms with Gasteiger partial charge in [-0.15, -0.1) is 0 Å². The first-order chi connectivity index (χ1) is 13.4. The summed E-state index contributed by atoms with van der Waals surface area (Å²) in [7, 11) is 0. The first kappa shape index (κ1) is 19.5. The van der Waals surface area contributed by atoms with Crippen LogP contribution in [0, 0.1) is 0 Å². The van der Waals surface area contributed by atoms with E-state index in [1.807, 2.05) is 19.9 Å². The van der Waals surface area contributed by atoms with Crippen LogP contribution in [0.1, 0.15) is 26.3 Å². The molecule has 2 N–H and O–H groups in total. The highest BCUT2D eigenvalue weighted by atomic mass is 16.5. The van der Waals surface area contributed by atoms with Crippen LogP contribution in [0.5, 0.6) is 17.2 Å². The topological polar surface area (TPSA) is 85.9 Å². The van der Waals surface area contributed by atoms with E-state index in [0.717, 1.165) is 17.7 Å². The minimum atomic E-state index is -0.322. The van der Waals surface area contributed by atoms with Gasteiger partial charge in [-0.1, -0.05) is 6.07 Å². The van der Waals surface area contributed by atoms with Crippen LogP contribution in [0.4, 0.5) is 11.4 Å². The molecule has 0 fully saturated rings. The van der Waals surface area contributed by atoms with Gasteiger partial charge in [-0.25, -0.2) is 0 Å². The summed E-state index contributed by atoms with van der Waals surface area (Å²) < 4.78 is 17.0. The predicted molar refractivity (Wildman–Crippen MR) is 106 cm³/mol. The fraction of sp³-hybridized carbons (Fsp3) is 0.333. The predicted octanol–water partition coefficient (Wildman–Crippen LogP) is 3.38. The number of hydrogen-bond donors (Lipinski definition) is 2. The molecule has 0 spiro atoms. The number of ether oxygens (including phenoxy) is 3. The van der Waals surface area contributed by atoms with Gasteiger partial charge in [-0.05, 0) is 32.0 Å². The minimum Gasteiger partial charge on any atom is -0.492 e. The SMILES string of the molecule is CCOc1cc2c(cc1NC(=O)COc1cccc(NC(C)=O)c1)OC(C)C2. The molecule has 0 saturated carbocycles. The Bertz CT molecular complexity index is 881. The number of amides is 2. The summed E-state index contributed by atoms with van der Waals surface area (Å²) in [4.78, 5) is 23.5. The summed E-state index contributed by atoms with van der Waals surface area (Å²) in [6.07, 6.45) is 0.923. The van der Waals surface area contributed by atoms with E-state index in [2.05, 4.69) is 10.6 Å². The van der Waals surface area contributed by atoms with E-state index >= 15 is 0 Å². The molecule has 0 bridgehead atoms. The van der Waals surface area contributed by atoms with E-state index in [-0.39, 0.29) is 24.5 Å². The van der Waals surface area contributed by atoms with Crippen LogP contribution in [-0.4, -0.2) is 31.1 Å². The second-order valence-electron chi connectivity index (χ2n) is 6.57. The van der Waals surface area contributed by atoms with Gasteiger partial charge >= 0.3 is 0 Å². The van der Waals surface area contributed by atoms with E-state index in [9.17, 15) is 9.59 Å². The van der Waals surface area contributed by atoms with Crippen molar-refractivity contribution < 1.29 is 23.8 Å². The Balaban J connectivity index is 1.65. The summed E-state index contributed by atoms with van der Waals surface area (Å²) in [5.74, 6) is 1.36. The first-order valence-electron chi connectivity index (χ1n) is 9.21. The molecule has 0 saturated heterocycles. The first-order valence-corrected chi connectivity index (χ1v) is 9.21. The molecular weight excluding hydrogens is 360 g/mol. The highest BCUT2D eigenvalue weighted by Gasteiger charge is 2.22. The van der Waals surface area contributed by atoms with E-state index in [1.165, 1.54) is 6.92 Å². The number of fused-ring (bicyclic) bond motifs is 1. The molecule has 148 valence electrons. The normalized spacial score (nSPS) is 14.6. The van der Waals surface area contributed by atoms with Gasteiger partial charge in [0.05, 0.1) is 12.3 Å². The van der Waals surface area contributed by atoms with Gasteiger partial charge in [0.2, 0.25) is 5.91 Å². The Kier molecular flexibility index (Phi) is 6.03. The molecule has 3 rings (SSSR count). The Morgan fingerprint density at radius 1 is 1.18 bits per heavy atom. The van der Waals surface area contributed by atoms with Crippen LogP contribution in [0.25, 0.3) is 0 Å². The molecule has 2 aromatic rings. The molecule has 1 atom stereocenters. The maximum atomic E-state index is 12.4. The highest BCUT2D eigenvalue weighted by Crippen LogP contribution is 2.38. The third-order valence-electron chi connectivity index (χ3n) is 4.10. The number of anilines is 2. The molecule has 7 nitrogen and oxygen atoms in total. The van der Waals surface area contributed by atoms with Crippen molar-refractivity contribution in [3.8, 4) is 17.2 Å². The van der Waals surface area contributed by atoms with E-state index < -0.39 is 0 Å². The molecule has 0 aliphatic carbocycles. The molecular formula is C21H24N2O5. The maximum Gasteiger partial charge on any atom is 0.262 e. The summed E-state index contributed by atoms with van der Waals surface area (Å²) in [5.41, 5.74) is 2.23. The number of benzene rings is 2. The third kappa shape index (κ3) is 4.94. The molecule has 1 aliphatic rings. The van der Waals surface area contributed by atoms with Crippen molar-refractivity contribution in [2.45, 2.75) is 33.3 Å². The molecule has 1 aliphatic heterocycles. The highest BCUT2D eigenvalue weighted by molar-refractivity contribution is 5.94. The summed E-state index contributed by atoms with van der Waals surface area (Å²) in [6.45, 7) is 5.64. The van der Waals surface area contributed by atoms with Crippen LogP contribution >= 0.6 is 0 Å². The third-order valence-corrected chi connectivity index (χ3v) is 4.10. The minimum absolute atomic E-state index is 0.106. The van der Waals surface area contributed by atoms with Crippen molar-refractivity contribution in [1.82, 2.24) is 0 Å². The van der Waals surface area contributed by atoms with Gasteiger partial charge in [-0.2, -0.15) is 0 Å². The van der Waals surface area contributed by atoms with Crippen LogP contribution < -0.4 is 24.8 Å². The lowest BCUT2D eigenvalue weighted by atomic mass is 10.1. The van der Waals surface area contributed by atoms with Crippen molar-refractivity contribution in [3.63, 3.8) is 0 Å². The van der Waals surface area contributed by atoms with Gasteiger partial charge in [0.15, 0.2) is 6.61 Å². The number of nitrogens with one attached hydrogen (secondary N) is 2. The van der Waals surface area contributed by atoms with E-state index in [4.69, 9.17) is 14.2 Å². The zero-order chi connectivity index (χ0) is 20.1. The zero-order valence-electron chi connectivity index (χ0n) is 16.2. The molecule has 0 aromatic heterocycles. The van der Waals surface area contributed by atoms with Crippen LogP contribution in [0.3, 0.4) is 0 Å². The Labute approximate surface area is 164 Å². The second kappa shape index (κ2) is 8.65. The maximum absolute atomic E-state index is 12.4. The van der Waals surface area contributed by atoms with Crippen LogP contribution in [0.15, 0.2) is 36.4 Å². The van der Waals surface area contributed by atoms with Crippen molar-refractivity contribution >= 4 is 23.2 Å². The number of rotatable bonds is 7. The lowest BCUT2D eigenvalue weighted by Crippen LogP contribution is -2.20. The van der Waals surface area contributed by atoms with Gasteiger partial charge in [0, 0.05) is 36.7 Å². The van der Waals surface area contributed by atoms with Gasteiger partial charge in [-0.3, -0.25) is 9.59 Å². The Hall–Kier alpha value is -3.22. The smallest absolute Gasteiger partial charge is 0.262 e. The molecule has 1 heterocycles. The zero-order valence-corrected chi connectivity index (χ0v) is 16.2. The number of carbonyl (C=O) groups is 2. The number of carbonyl (C=O) groups excluding carboxylic acids is 2. The Morgan fingerprint density at radius 3 is 2.75 bits per heavy atom. The number of hydrogen-bond acceptors (Lipinski definition) is 5. The summed E-state index contributed by atoms with van der Waals surface area (Å²) in [6, 6.07) is 10.6.